The van der Waals surface area contributed by atoms with Crippen molar-refractivity contribution in [3.05, 3.63) is 77.2 Å². The summed E-state index contributed by atoms with van der Waals surface area (Å²) in [6.45, 7) is 0. The van der Waals surface area contributed by atoms with Gasteiger partial charge in [-0.3, -0.25) is 9.59 Å². The third-order valence-electron chi connectivity index (χ3n) is 3.40. The fraction of sp³-hybridized carbons (Fsp3) is 0. The zero-order valence-electron chi connectivity index (χ0n) is 12.9. The van der Waals surface area contributed by atoms with Crippen LogP contribution in [0.25, 0.3) is 0 Å². The Labute approximate surface area is 158 Å². The van der Waals surface area contributed by atoms with E-state index in [0.717, 1.165) is 4.21 Å². The van der Waals surface area contributed by atoms with E-state index < -0.39 is 0 Å². The van der Waals surface area contributed by atoms with Gasteiger partial charge in [0, 0.05) is 16.5 Å². The standard InChI is InChI=1S/C18H14N2O2S3/c21-16(12-7-3-1-4-8-12)19-14-11-24-18(25-23)15(14)20-17(22)13-9-5-2-6-10-13/h1-11,23H,(H,19,21)(H,20,22). The van der Waals surface area contributed by atoms with Gasteiger partial charge in [-0.15, -0.1) is 23.0 Å². The molecule has 3 rings (SSSR count). The molecule has 0 saturated heterocycles. The van der Waals surface area contributed by atoms with E-state index in [1.807, 2.05) is 12.1 Å². The molecule has 0 fully saturated rings. The van der Waals surface area contributed by atoms with Crippen LogP contribution < -0.4 is 10.6 Å². The molecule has 2 aromatic carbocycles. The molecule has 2 amide bonds. The van der Waals surface area contributed by atoms with Gasteiger partial charge in [0.1, 0.15) is 0 Å². The Bertz CT molecular complexity index is 880. The number of hydrogen-bond donors (Lipinski definition) is 3. The number of hydrogen-bond acceptors (Lipinski definition) is 5. The molecule has 0 aliphatic heterocycles. The zero-order valence-corrected chi connectivity index (χ0v) is 15.5. The number of thiophene rings is 1. The average Bonchev–Trinajstić information content (AvgIpc) is 3.04. The Hall–Kier alpha value is -2.22. The number of rotatable bonds is 5. The molecule has 3 aromatic rings. The van der Waals surface area contributed by atoms with Gasteiger partial charge in [-0.2, -0.15) is 0 Å². The summed E-state index contributed by atoms with van der Waals surface area (Å²) < 4.78 is 0.802. The van der Waals surface area contributed by atoms with Crippen LogP contribution in [0.1, 0.15) is 20.7 Å². The Morgan fingerprint density at radius 3 is 1.88 bits per heavy atom. The molecular weight excluding hydrogens is 372 g/mol. The Morgan fingerprint density at radius 1 is 0.840 bits per heavy atom. The summed E-state index contributed by atoms with van der Waals surface area (Å²) in [6, 6.07) is 17.8. The van der Waals surface area contributed by atoms with Crippen LogP contribution in [0.3, 0.4) is 0 Å². The highest BCUT2D eigenvalue weighted by Gasteiger charge is 2.17. The number of anilines is 2. The maximum absolute atomic E-state index is 12.4. The van der Waals surface area contributed by atoms with Gasteiger partial charge in [-0.25, -0.2) is 0 Å². The first-order valence-corrected chi connectivity index (χ1v) is 10.1. The third kappa shape index (κ3) is 4.25. The van der Waals surface area contributed by atoms with E-state index in [0.29, 0.717) is 22.5 Å². The van der Waals surface area contributed by atoms with Crippen LogP contribution >= 0.6 is 33.8 Å². The topological polar surface area (TPSA) is 58.2 Å². The van der Waals surface area contributed by atoms with Gasteiger partial charge in [0.05, 0.1) is 15.6 Å². The maximum Gasteiger partial charge on any atom is 0.255 e. The van der Waals surface area contributed by atoms with E-state index in [-0.39, 0.29) is 11.8 Å². The van der Waals surface area contributed by atoms with E-state index >= 15 is 0 Å². The van der Waals surface area contributed by atoms with Crippen LogP contribution in [0, 0.1) is 0 Å². The van der Waals surface area contributed by atoms with Crippen LogP contribution in [0.15, 0.2) is 70.3 Å². The average molecular weight is 387 g/mol. The SMILES string of the molecule is O=C(Nc1csc(SS)c1NC(=O)c1ccccc1)c1ccccc1. The quantitative estimate of drug-likeness (QED) is 0.418. The molecule has 1 heterocycles. The zero-order chi connectivity index (χ0) is 17.6. The number of carbonyl (C=O) groups is 2. The van der Waals surface area contributed by atoms with Crippen molar-refractivity contribution < 1.29 is 9.59 Å². The second-order valence-corrected chi connectivity index (χ2v) is 7.32. The predicted octanol–water partition coefficient (Wildman–Crippen LogP) is 5.19. The lowest BCUT2D eigenvalue weighted by molar-refractivity contribution is 0.101. The molecule has 0 atom stereocenters. The highest BCUT2D eigenvalue weighted by atomic mass is 33.1. The summed E-state index contributed by atoms with van der Waals surface area (Å²) in [4.78, 5) is 24.8. The minimum absolute atomic E-state index is 0.232. The first-order valence-electron chi connectivity index (χ1n) is 7.34. The van der Waals surface area contributed by atoms with Gasteiger partial charge >= 0.3 is 0 Å². The molecule has 1 aromatic heterocycles. The van der Waals surface area contributed by atoms with Crippen LogP contribution in [0.2, 0.25) is 0 Å². The highest BCUT2D eigenvalue weighted by Crippen LogP contribution is 2.42. The monoisotopic (exact) mass is 386 g/mol. The number of nitrogens with one attached hydrogen (secondary N) is 2. The summed E-state index contributed by atoms with van der Waals surface area (Å²) >= 11 is 5.63. The first-order chi connectivity index (χ1) is 12.2. The number of thiol groups is 1. The van der Waals surface area contributed by atoms with Crippen molar-refractivity contribution in [1.29, 1.82) is 0 Å². The van der Waals surface area contributed by atoms with E-state index in [1.54, 1.807) is 53.9 Å². The molecule has 0 unspecified atom stereocenters. The summed E-state index contributed by atoms with van der Waals surface area (Å²) in [5.74, 6) is -0.470. The predicted molar refractivity (Wildman–Crippen MR) is 108 cm³/mol. The van der Waals surface area contributed by atoms with Crippen molar-refractivity contribution in [2.24, 2.45) is 0 Å². The fourth-order valence-electron chi connectivity index (χ4n) is 2.18. The Morgan fingerprint density at radius 2 is 1.36 bits per heavy atom. The molecule has 0 bridgehead atoms. The van der Waals surface area contributed by atoms with Crippen molar-refractivity contribution in [2.75, 3.05) is 10.6 Å². The molecule has 0 spiro atoms. The Kier molecular flexibility index (Phi) is 5.80. The van der Waals surface area contributed by atoms with Crippen molar-refractivity contribution >= 4 is 57.0 Å². The van der Waals surface area contributed by atoms with E-state index in [4.69, 9.17) is 0 Å². The van der Waals surface area contributed by atoms with Crippen molar-refractivity contribution in [3.8, 4) is 0 Å². The molecule has 126 valence electrons. The summed E-state index contributed by atoms with van der Waals surface area (Å²) in [5, 5.41) is 7.51. The van der Waals surface area contributed by atoms with Crippen molar-refractivity contribution in [2.45, 2.75) is 4.21 Å². The molecule has 4 nitrogen and oxygen atoms in total. The van der Waals surface area contributed by atoms with Gasteiger partial charge < -0.3 is 10.6 Å². The molecule has 0 aliphatic carbocycles. The van der Waals surface area contributed by atoms with Crippen molar-refractivity contribution in [3.63, 3.8) is 0 Å². The molecule has 2 N–H and O–H groups in total. The first kappa shape index (κ1) is 17.6. The maximum atomic E-state index is 12.4. The summed E-state index contributed by atoms with van der Waals surface area (Å²) in [7, 11) is 1.22. The van der Waals surface area contributed by atoms with Gasteiger partial charge in [0.25, 0.3) is 11.8 Å². The molecular formula is C18H14N2O2S3. The third-order valence-corrected chi connectivity index (χ3v) is 6.00. The molecule has 7 heteroatoms. The van der Waals surface area contributed by atoms with Crippen LogP contribution in [0.5, 0.6) is 0 Å². The second kappa shape index (κ2) is 8.24. The normalized spacial score (nSPS) is 10.3. The lowest BCUT2D eigenvalue weighted by Crippen LogP contribution is -2.16. The van der Waals surface area contributed by atoms with E-state index in [9.17, 15) is 9.59 Å². The highest BCUT2D eigenvalue weighted by molar-refractivity contribution is 8.69. The van der Waals surface area contributed by atoms with Gasteiger partial charge in [-0.1, -0.05) is 36.4 Å². The number of carbonyl (C=O) groups excluding carboxylic acids is 2. The van der Waals surface area contributed by atoms with Gasteiger partial charge in [-0.05, 0) is 35.1 Å². The van der Waals surface area contributed by atoms with Crippen LogP contribution in [-0.4, -0.2) is 11.8 Å². The van der Waals surface area contributed by atoms with Crippen molar-refractivity contribution in [1.82, 2.24) is 0 Å². The van der Waals surface area contributed by atoms with Crippen LogP contribution in [0.4, 0.5) is 11.4 Å². The lowest BCUT2D eigenvalue weighted by atomic mass is 10.2. The van der Waals surface area contributed by atoms with E-state index in [2.05, 4.69) is 22.3 Å². The summed E-state index contributed by atoms with van der Waals surface area (Å²) in [6.07, 6.45) is 0. The minimum atomic E-state index is -0.238. The minimum Gasteiger partial charge on any atom is -0.319 e. The van der Waals surface area contributed by atoms with E-state index in [1.165, 1.54) is 22.1 Å². The van der Waals surface area contributed by atoms with Gasteiger partial charge in [0.2, 0.25) is 0 Å². The molecule has 0 radical (unpaired) electrons. The lowest BCUT2D eigenvalue weighted by Gasteiger charge is -2.10. The molecule has 25 heavy (non-hydrogen) atoms. The number of benzene rings is 2. The summed E-state index contributed by atoms with van der Waals surface area (Å²) in [5.41, 5.74) is 2.21. The smallest absolute Gasteiger partial charge is 0.255 e. The largest absolute Gasteiger partial charge is 0.319 e. The number of amides is 2. The molecule has 0 aliphatic rings. The van der Waals surface area contributed by atoms with Crippen LogP contribution in [-0.2, 0) is 0 Å². The second-order valence-electron chi connectivity index (χ2n) is 5.04. The van der Waals surface area contributed by atoms with Gasteiger partial charge in [0.15, 0.2) is 0 Å². The Balaban J connectivity index is 1.83. The fourth-order valence-corrected chi connectivity index (χ4v) is 4.09. The molecule has 0 saturated carbocycles.